The Balaban J connectivity index is 2.40. The summed E-state index contributed by atoms with van der Waals surface area (Å²) >= 11 is 0. The van der Waals surface area contributed by atoms with Crippen LogP contribution in [-0.4, -0.2) is 17.7 Å². The number of rotatable bonds is 1. The molecule has 0 amide bonds. The first kappa shape index (κ1) is 10.0. The largest absolute Gasteiger partial charge is 0.492 e. The molecule has 2 atom stereocenters. The minimum Gasteiger partial charge on any atom is -0.492 e. The van der Waals surface area contributed by atoms with Crippen molar-refractivity contribution in [3.63, 3.8) is 0 Å². The summed E-state index contributed by atoms with van der Waals surface area (Å²) in [6.07, 6.45) is 0. The number of carboxylic acid groups (broad SMARTS) is 1. The van der Waals surface area contributed by atoms with Gasteiger partial charge in [-0.1, -0.05) is 24.6 Å². The summed E-state index contributed by atoms with van der Waals surface area (Å²) in [5.74, 6) is -0.370. The number of fused-ring (bicyclic) bond motifs is 1. The van der Waals surface area contributed by atoms with Gasteiger partial charge in [0.15, 0.2) is 0 Å². The molecule has 1 aliphatic rings. The van der Waals surface area contributed by atoms with E-state index in [1.807, 2.05) is 32.0 Å². The van der Waals surface area contributed by atoms with E-state index in [1.54, 1.807) is 0 Å². The quantitative estimate of drug-likeness (QED) is 0.766. The molecule has 0 radical (unpaired) electrons. The maximum absolute atomic E-state index is 11.0. The van der Waals surface area contributed by atoms with Crippen molar-refractivity contribution in [2.24, 2.45) is 5.92 Å². The van der Waals surface area contributed by atoms with Crippen molar-refractivity contribution in [1.82, 2.24) is 0 Å². The van der Waals surface area contributed by atoms with Crippen LogP contribution < -0.4 is 4.74 Å². The Bertz CT molecular complexity index is 398. The minimum atomic E-state index is -0.783. The summed E-state index contributed by atoms with van der Waals surface area (Å²) < 4.78 is 5.44. The Morgan fingerprint density at radius 2 is 2.27 bits per heavy atom. The van der Waals surface area contributed by atoms with E-state index in [2.05, 4.69) is 0 Å². The molecule has 0 bridgehead atoms. The molecule has 0 saturated heterocycles. The zero-order valence-electron chi connectivity index (χ0n) is 8.86. The second-order valence-corrected chi connectivity index (χ2v) is 4.09. The minimum absolute atomic E-state index is 0.0196. The molecule has 2 rings (SSSR count). The fourth-order valence-electron chi connectivity index (χ4n) is 1.98. The SMILES string of the molecule is Cc1ccc2c(c1)C(C)C(C(=O)O)CO2. The fourth-order valence-corrected chi connectivity index (χ4v) is 1.98. The lowest BCUT2D eigenvalue weighted by atomic mass is 9.85. The van der Waals surface area contributed by atoms with Crippen molar-refractivity contribution in [1.29, 1.82) is 0 Å². The summed E-state index contributed by atoms with van der Waals surface area (Å²) in [5.41, 5.74) is 2.14. The van der Waals surface area contributed by atoms with E-state index in [0.29, 0.717) is 0 Å². The van der Waals surface area contributed by atoms with Gasteiger partial charge in [0, 0.05) is 5.92 Å². The van der Waals surface area contributed by atoms with Crippen LogP contribution in [0.4, 0.5) is 0 Å². The van der Waals surface area contributed by atoms with Crippen LogP contribution in [0.2, 0.25) is 0 Å². The molecule has 3 heteroatoms. The van der Waals surface area contributed by atoms with Crippen molar-refractivity contribution in [2.75, 3.05) is 6.61 Å². The Morgan fingerprint density at radius 1 is 1.53 bits per heavy atom. The normalized spacial score (nSPS) is 24.1. The maximum Gasteiger partial charge on any atom is 0.310 e. The highest BCUT2D eigenvalue weighted by Gasteiger charge is 2.32. The molecule has 80 valence electrons. The van der Waals surface area contributed by atoms with Crippen molar-refractivity contribution < 1.29 is 14.6 Å². The topological polar surface area (TPSA) is 46.5 Å². The van der Waals surface area contributed by atoms with Gasteiger partial charge in [0.2, 0.25) is 0 Å². The summed E-state index contributed by atoms with van der Waals surface area (Å²) in [4.78, 5) is 11.0. The third-order valence-corrected chi connectivity index (χ3v) is 2.99. The van der Waals surface area contributed by atoms with Crippen molar-refractivity contribution >= 4 is 5.97 Å². The molecule has 0 spiro atoms. The first-order valence-electron chi connectivity index (χ1n) is 5.05. The third kappa shape index (κ3) is 1.69. The second-order valence-electron chi connectivity index (χ2n) is 4.09. The van der Waals surface area contributed by atoms with Gasteiger partial charge in [0.25, 0.3) is 0 Å². The highest BCUT2D eigenvalue weighted by Crippen LogP contribution is 2.37. The van der Waals surface area contributed by atoms with Crippen LogP contribution in [0.5, 0.6) is 5.75 Å². The van der Waals surface area contributed by atoms with Crippen molar-refractivity contribution in [3.8, 4) is 5.75 Å². The summed E-state index contributed by atoms with van der Waals surface area (Å²) in [6.45, 7) is 4.21. The predicted molar refractivity (Wildman–Crippen MR) is 56.2 cm³/mol. The van der Waals surface area contributed by atoms with Gasteiger partial charge in [0.05, 0.1) is 5.92 Å². The highest BCUT2D eigenvalue weighted by atomic mass is 16.5. The Hall–Kier alpha value is -1.51. The summed E-state index contributed by atoms with van der Waals surface area (Å²) in [5, 5.41) is 9.02. The number of ether oxygens (including phenoxy) is 1. The van der Waals surface area contributed by atoms with E-state index >= 15 is 0 Å². The van der Waals surface area contributed by atoms with Gasteiger partial charge < -0.3 is 9.84 Å². The van der Waals surface area contributed by atoms with Crippen molar-refractivity contribution in [2.45, 2.75) is 19.8 Å². The molecular weight excluding hydrogens is 192 g/mol. The first-order chi connectivity index (χ1) is 7.09. The average Bonchev–Trinajstić information content (AvgIpc) is 2.19. The molecular formula is C12H14O3. The summed E-state index contributed by atoms with van der Waals surface area (Å²) in [6, 6.07) is 5.90. The van der Waals surface area contributed by atoms with Crippen LogP contribution in [-0.2, 0) is 4.79 Å². The lowest BCUT2D eigenvalue weighted by Crippen LogP contribution is -2.30. The Kier molecular flexibility index (Phi) is 2.39. The van der Waals surface area contributed by atoms with Gasteiger partial charge in [-0.25, -0.2) is 0 Å². The van der Waals surface area contributed by atoms with E-state index < -0.39 is 11.9 Å². The Labute approximate surface area is 88.7 Å². The maximum atomic E-state index is 11.0. The van der Waals surface area contributed by atoms with Crippen LogP contribution in [0.15, 0.2) is 18.2 Å². The zero-order valence-corrected chi connectivity index (χ0v) is 8.86. The molecule has 1 aromatic rings. The van der Waals surface area contributed by atoms with Gasteiger partial charge >= 0.3 is 5.97 Å². The monoisotopic (exact) mass is 206 g/mol. The van der Waals surface area contributed by atoms with E-state index in [4.69, 9.17) is 9.84 Å². The third-order valence-electron chi connectivity index (χ3n) is 2.99. The zero-order chi connectivity index (χ0) is 11.0. The number of aliphatic carboxylic acids is 1. The molecule has 3 nitrogen and oxygen atoms in total. The molecule has 1 N–H and O–H groups in total. The molecule has 0 fully saturated rings. The smallest absolute Gasteiger partial charge is 0.310 e. The number of carbonyl (C=O) groups is 1. The summed E-state index contributed by atoms with van der Waals surface area (Å²) in [7, 11) is 0. The molecule has 0 aliphatic carbocycles. The van der Waals surface area contributed by atoms with E-state index in [1.165, 1.54) is 0 Å². The van der Waals surface area contributed by atoms with E-state index in [0.717, 1.165) is 16.9 Å². The fraction of sp³-hybridized carbons (Fsp3) is 0.417. The Morgan fingerprint density at radius 3 is 2.93 bits per heavy atom. The number of benzene rings is 1. The van der Waals surface area contributed by atoms with Crippen LogP contribution in [0.3, 0.4) is 0 Å². The predicted octanol–water partition coefficient (Wildman–Crippen LogP) is 2.19. The van der Waals surface area contributed by atoms with Gasteiger partial charge in [0.1, 0.15) is 12.4 Å². The van der Waals surface area contributed by atoms with Crippen LogP contribution in [0.25, 0.3) is 0 Å². The number of hydrogen-bond donors (Lipinski definition) is 1. The van der Waals surface area contributed by atoms with Gasteiger partial charge in [-0.2, -0.15) is 0 Å². The van der Waals surface area contributed by atoms with E-state index in [-0.39, 0.29) is 12.5 Å². The van der Waals surface area contributed by atoms with Crippen LogP contribution >= 0.6 is 0 Å². The standard InChI is InChI=1S/C12H14O3/c1-7-3-4-11-9(5-7)8(2)10(6-15-11)12(13)14/h3-5,8,10H,6H2,1-2H3,(H,13,14). The first-order valence-corrected chi connectivity index (χ1v) is 5.05. The highest BCUT2D eigenvalue weighted by molar-refractivity contribution is 5.72. The number of carboxylic acids is 1. The average molecular weight is 206 g/mol. The molecule has 1 aliphatic heterocycles. The lowest BCUT2D eigenvalue weighted by molar-refractivity contribution is -0.144. The molecule has 0 saturated carbocycles. The van der Waals surface area contributed by atoms with Gasteiger partial charge in [-0.3, -0.25) is 4.79 Å². The molecule has 1 aromatic carbocycles. The van der Waals surface area contributed by atoms with Crippen LogP contribution in [0.1, 0.15) is 24.0 Å². The molecule has 2 unspecified atom stereocenters. The van der Waals surface area contributed by atoms with Crippen LogP contribution in [0, 0.1) is 12.8 Å². The van der Waals surface area contributed by atoms with Gasteiger partial charge in [-0.05, 0) is 18.6 Å². The second kappa shape index (κ2) is 3.57. The number of hydrogen-bond acceptors (Lipinski definition) is 2. The lowest BCUT2D eigenvalue weighted by Gasteiger charge is -2.28. The number of aryl methyl sites for hydroxylation is 1. The molecule has 1 heterocycles. The van der Waals surface area contributed by atoms with Gasteiger partial charge in [-0.15, -0.1) is 0 Å². The van der Waals surface area contributed by atoms with Crippen molar-refractivity contribution in [3.05, 3.63) is 29.3 Å². The molecule has 15 heavy (non-hydrogen) atoms. The van der Waals surface area contributed by atoms with E-state index in [9.17, 15) is 4.79 Å². The molecule has 0 aromatic heterocycles.